The van der Waals surface area contributed by atoms with Crippen LogP contribution in [0.2, 0.25) is 0 Å². The first kappa shape index (κ1) is 16.2. The summed E-state index contributed by atoms with van der Waals surface area (Å²) in [6, 6.07) is 7.85. The van der Waals surface area contributed by atoms with Gasteiger partial charge in [0.1, 0.15) is 0 Å². The molecule has 0 aliphatic carbocycles. The second-order valence-electron chi connectivity index (χ2n) is 4.40. The standard InChI is InChI=1S/C14H17BrN2O.ClH/c15-13-3-1-2-12(8-13)9-14(18)17-10-11-4-6-16-7-5-11;/h1-4,8,16H,5-7,9-10H2,(H,17,18);1H. The van der Waals surface area contributed by atoms with Crippen molar-refractivity contribution < 1.29 is 4.79 Å². The summed E-state index contributed by atoms with van der Waals surface area (Å²) in [6.45, 7) is 2.60. The average Bonchev–Trinajstić information content (AvgIpc) is 2.38. The Balaban J connectivity index is 0.00000180. The van der Waals surface area contributed by atoms with Gasteiger partial charge in [0.05, 0.1) is 6.42 Å². The van der Waals surface area contributed by atoms with Crippen LogP contribution < -0.4 is 10.6 Å². The molecule has 1 aromatic rings. The topological polar surface area (TPSA) is 41.1 Å². The van der Waals surface area contributed by atoms with Gasteiger partial charge in [-0.3, -0.25) is 4.79 Å². The van der Waals surface area contributed by atoms with Crippen molar-refractivity contribution in [2.24, 2.45) is 0 Å². The van der Waals surface area contributed by atoms with Crippen LogP contribution >= 0.6 is 28.3 Å². The molecule has 0 aromatic heterocycles. The molecule has 5 heteroatoms. The quantitative estimate of drug-likeness (QED) is 0.823. The molecule has 1 aliphatic rings. The molecule has 1 heterocycles. The Morgan fingerprint density at radius 2 is 2.26 bits per heavy atom. The van der Waals surface area contributed by atoms with E-state index in [4.69, 9.17) is 0 Å². The van der Waals surface area contributed by atoms with Gasteiger partial charge in [-0.2, -0.15) is 0 Å². The molecule has 3 nitrogen and oxygen atoms in total. The molecule has 1 aromatic carbocycles. The number of halogens is 2. The third-order valence-corrected chi connectivity index (χ3v) is 3.42. The van der Waals surface area contributed by atoms with Crippen molar-refractivity contribution in [1.29, 1.82) is 0 Å². The second kappa shape index (κ2) is 8.35. The second-order valence-corrected chi connectivity index (χ2v) is 5.32. The van der Waals surface area contributed by atoms with Gasteiger partial charge in [-0.25, -0.2) is 0 Å². The van der Waals surface area contributed by atoms with E-state index in [1.165, 1.54) is 5.57 Å². The highest BCUT2D eigenvalue weighted by molar-refractivity contribution is 9.10. The Hall–Kier alpha value is -0.840. The van der Waals surface area contributed by atoms with E-state index >= 15 is 0 Å². The fraction of sp³-hybridized carbons (Fsp3) is 0.357. The molecule has 0 bridgehead atoms. The molecule has 1 aliphatic heterocycles. The van der Waals surface area contributed by atoms with Crippen molar-refractivity contribution in [3.8, 4) is 0 Å². The van der Waals surface area contributed by atoms with Gasteiger partial charge in [-0.15, -0.1) is 12.4 Å². The molecular formula is C14H18BrClN2O. The Morgan fingerprint density at radius 1 is 1.42 bits per heavy atom. The Bertz CT molecular complexity index is 463. The van der Waals surface area contributed by atoms with E-state index in [9.17, 15) is 4.79 Å². The summed E-state index contributed by atoms with van der Waals surface area (Å²) in [6.07, 6.45) is 3.62. The molecule has 0 fully saturated rings. The maximum Gasteiger partial charge on any atom is 0.224 e. The predicted molar refractivity (Wildman–Crippen MR) is 83.7 cm³/mol. The van der Waals surface area contributed by atoms with E-state index in [2.05, 4.69) is 32.6 Å². The van der Waals surface area contributed by atoms with E-state index in [-0.39, 0.29) is 18.3 Å². The third-order valence-electron chi connectivity index (χ3n) is 2.92. The number of nitrogens with one attached hydrogen (secondary N) is 2. The maximum absolute atomic E-state index is 11.8. The van der Waals surface area contributed by atoms with Crippen molar-refractivity contribution in [1.82, 2.24) is 10.6 Å². The third kappa shape index (κ3) is 5.76. The van der Waals surface area contributed by atoms with Crippen LogP contribution in [0, 0.1) is 0 Å². The number of hydrogen-bond donors (Lipinski definition) is 2. The smallest absolute Gasteiger partial charge is 0.224 e. The number of carbonyl (C=O) groups is 1. The minimum absolute atomic E-state index is 0. The first-order valence-electron chi connectivity index (χ1n) is 6.14. The summed E-state index contributed by atoms with van der Waals surface area (Å²) in [5, 5.41) is 6.22. The molecule has 1 amide bonds. The van der Waals surface area contributed by atoms with Crippen LogP contribution in [-0.4, -0.2) is 25.5 Å². The molecule has 0 saturated carbocycles. The Kier molecular flexibility index (Phi) is 7.13. The highest BCUT2D eigenvalue weighted by Gasteiger charge is 2.06. The van der Waals surface area contributed by atoms with Crippen molar-refractivity contribution in [2.75, 3.05) is 19.6 Å². The van der Waals surface area contributed by atoms with Crippen LogP contribution in [0.4, 0.5) is 0 Å². The number of benzene rings is 1. The van der Waals surface area contributed by atoms with Gasteiger partial charge < -0.3 is 10.6 Å². The van der Waals surface area contributed by atoms with Gasteiger partial charge in [-0.05, 0) is 30.7 Å². The van der Waals surface area contributed by atoms with E-state index in [0.29, 0.717) is 13.0 Å². The van der Waals surface area contributed by atoms with Crippen molar-refractivity contribution in [2.45, 2.75) is 12.8 Å². The van der Waals surface area contributed by atoms with Gasteiger partial charge >= 0.3 is 0 Å². The molecule has 104 valence electrons. The first-order chi connectivity index (χ1) is 8.74. The molecule has 19 heavy (non-hydrogen) atoms. The van der Waals surface area contributed by atoms with E-state index < -0.39 is 0 Å². The highest BCUT2D eigenvalue weighted by Crippen LogP contribution is 2.12. The maximum atomic E-state index is 11.8. The molecule has 0 unspecified atom stereocenters. The van der Waals surface area contributed by atoms with Crippen molar-refractivity contribution in [3.63, 3.8) is 0 Å². The summed E-state index contributed by atoms with van der Waals surface area (Å²) < 4.78 is 1.01. The number of amides is 1. The normalized spacial score (nSPS) is 14.3. The van der Waals surface area contributed by atoms with Crippen LogP contribution in [0.5, 0.6) is 0 Å². The Labute approximate surface area is 128 Å². The van der Waals surface area contributed by atoms with Gasteiger partial charge in [-0.1, -0.05) is 39.7 Å². The zero-order valence-electron chi connectivity index (χ0n) is 10.6. The molecular weight excluding hydrogens is 328 g/mol. The lowest BCUT2D eigenvalue weighted by Crippen LogP contribution is -2.30. The number of rotatable bonds is 4. The van der Waals surface area contributed by atoms with Crippen LogP contribution in [-0.2, 0) is 11.2 Å². The molecule has 2 rings (SSSR count). The lowest BCUT2D eigenvalue weighted by molar-refractivity contribution is -0.120. The largest absolute Gasteiger partial charge is 0.352 e. The summed E-state index contributed by atoms with van der Waals surface area (Å²) in [5.41, 5.74) is 2.34. The summed E-state index contributed by atoms with van der Waals surface area (Å²) in [4.78, 5) is 11.8. The number of hydrogen-bond acceptors (Lipinski definition) is 2. The van der Waals surface area contributed by atoms with E-state index in [1.807, 2.05) is 24.3 Å². The highest BCUT2D eigenvalue weighted by atomic mass is 79.9. The van der Waals surface area contributed by atoms with Crippen LogP contribution in [0.15, 0.2) is 40.4 Å². The summed E-state index contributed by atoms with van der Waals surface area (Å²) >= 11 is 3.41. The predicted octanol–water partition coefficient (Wildman–Crippen LogP) is 2.45. The van der Waals surface area contributed by atoms with Crippen molar-refractivity contribution in [3.05, 3.63) is 46.0 Å². The van der Waals surface area contributed by atoms with Crippen LogP contribution in [0.25, 0.3) is 0 Å². The van der Waals surface area contributed by atoms with Gasteiger partial charge in [0.2, 0.25) is 5.91 Å². The molecule has 0 saturated heterocycles. The minimum atomic E-state index is 0. The van der Waals surface area contributed by atoms with Gasteiger partial charge in [0.15, 0.2) is 0 Å². The molecule has 0 atom stereocenters. The zero-order chi connectivity index (χ0) is 12.8. The van der Waals surface area contributed by atoms with E-state index in [1.54, 1.807) is 0 Å². The average molecular weight is 346 g/mol. The lowest BCUT2D eigenvalue weighted by Gasteiger charge is -2.14. The molecule has 2 N–H and O–H groups in total. The SMILES string of the molecule is Cl.O=C(Cc1cccc(Br)c1)NCC1=CCNCC1. The van der Waals surface area contributed by atoms with Gasteiger partial charge in [0, 0.05) is 17.6 Å². The number of carbonyl (C=O) groups excluding carboxylic acids is 1. The van der Waals surface area contributed by atoms with Crippen molar-refractivity contribution >= 4 is 34.2 Å². The summed E-state index contributed by atoms with van der Waals surface area (Å²) in [7, 11) is 0. The fourth-order valence-electron chi connectivity index (χ4n) is 1.94. The molecule has 0 radical (unpaired) electrons. The van der Waals surface area contributed by atoms with Crippen LogP contribution in [0.3, 0.4) is 0 Å². The Morgan fingerprint density at radius 3 is 2.95 bits per heavy atom. The summed E-state index contributed by atoms with van der Waals surface area (Å²) in [5.74, 6) is 0.0764. The molecule has 0 spiro atoms. The van der Waals surface area contributed by atoms with E-state index in [0.717, 1.165) is 29.5 Å². The fourth-order valence-corrected chi connectivity index (χ4v) is 2.38. The van der Waals surface area contributed by atoms with Gasteiger partial charge in [0.25, 0.3) is 0 Å². The lowest BCUT2D eigenvalue weighted by atomic mass is 10.1. The minimum Gasteiger partial charge on any atom is -0.352 e. The first-order valence-corrected chi connectivity index (χ1v) is 6.93. The monoisotopic (exact) mass is 344 g/mol. The zero-order valence-corrected chi connectivity index (χ0v) is 13.0. The van der Waals surface area contributed by atoms with Crippen LogP contribution in [0.1, 0.15) is 12.0 Å².